The molecule has 0 bridgehead atoms. The molecule has 0 unspecified atom stereocenters. The number of hydrogen-bond acceptors (Lipinski definition) is 7. The molecule has 0 radical (unpaired) electrons. The number of para-hydroxylation sites is 1. The number of ether oxygens (including phenoxy) is 4. The second kappa shape index (κ2) is 12.8. The van der Waals surface area contributed by atoms with E-state index in [0.29, 0.717) is 53.8 Å². The lowest BCUT2D eigenvalue weighted by Gasteiger charge is -2.12. The van der Waals surface area contributed by atoms with Gasteiger partial charge in [0.1, 0.15) is 11.5 Å². The zero-order valence-electron chi connectivity index (χ0n) is 19.9. The number of esters is 1. The molecule has 1 amide bonds. The number of nitrogens with one attached hydrogen (secondary N) is 1. The molecule has 35 heavy (non-hydrogen) atoms. The van der Waals surface area contributed by atoms with Crippen molar-refractivity contribution >= 4 is 18.1 Å². The van der Waals surface area contributed by atoms with Crippen LogP contribution in [0.2, 0.25) is 0 Å². The predicted molar refractivity (Wildman–Crippen MR) is 133 cm³/mol. The topological polar surface area (TPSA) is 95.5 Å². The Kier molecular flexibility index (Phi) is 9.24. The molecule has 0 fully saturated rings. The minimum Gasteiger partial charge on any atom is -0.494 e. The first-order chi connectivity index (χ1) is 17.0. The zero-order chi connectivity index (χ0) is 25.0. The molecule has 0 spiro atoms. The van der Waals surface area contributed by atoms with Gasteiger partial charge >= 0.3 is 5.97 Å². The maximum Gasteiger partial charge on any atom is 0.343 e. The van der Waals surface area contributed by atoms with Gasteiger partial charge in [-0.3, -0.25) is 4.79 Å². The monoisotopic (exact) mass is 476 g/mol. The third-order valence-electron chi connectivity index (χ3n) is 4.68. The van der Waals surface area contributed by atoms with E-state index in [4.69, 9.17) is 18.9 Å². The summed E-state index contributed by atoms with van der Waals surface area (Å²) < 4.78 is 22.1. The molecule has 0 aliphatic rings. The van der Waals surface area contributed by atoms with Crippen molar-refractivity contribution in [2.45, 2.75) is 20.8 Å². The molecule has 182 valence electrons. The number of nitrogens with zero attached hydrogens (tertiary/aromatic N) is 1. The molecule has 3 aromatic carbocycles. The molecule has 3 rings (SSSR count). The number of carbonyl (C=O) groups excluding carboxylic acids is 2. The SMILES string of the molecule is CCOc1ccc(C(=O)Oc2ccc(C=NNC(=O)c3ccccc3OCC)cc2OCC)cc1. The summed E-state index contributed by atoms with van der Waals surface area (Å²) >= 11 is 0. The maximum atomic E-state index is 12.6. The molecular formula is C27H28N2O6. The van der Waals surface area contributed by atoms with E-state index in [9.17, 15) is 9.59 Å². The quantitative estimate of drug-likeness (QED) is 0.184. The highest BCUT2D eigenvalue weighted by molar-refractivity contribution is 5.97. The lowest BCUT2D eigenvalue weighted by Crippen LogP contribution is -2.18. The van der Waals surface area contributed by atoms with Crippen LogP contribution in [0.5, 0.6) is 23.0 Å². The third kappa shape index (κ3) is 7.07. The molecule has 0 saturated heterocycles. The minimum atomic E-state index is -0.518. The van der Waals surface area contributed by atoms with Crippen LogP contribution in [-0.4, -0.2) is 37.9 Å². The standard InChI is InChI=1S/C27H28N2O6/c1-4-32-21-14-12-20(13-15-21)27(31)35-24-16-11-19(17-25(24)34-6-3)18-28-29-26(30)22-9-7-8-10-23(22)33-5-2/h7-18H,4-6H2,1-3H3,(H,29,30). The largest absolute Gasteiger partial charge is 0.494 e. The van der Waals surface area contributed by atoms with E-state index in [1.54, 1.807) is 66.7 Å². The first-order valence-corrected chi connectivity index (χ1v) is 11.3. The second-order valence-corrected chi connectivity index (χ2v) is 7.11. The summed E-state index contributed by atoms with van der Waals surface area (Å²) in [6, 6.07) is 18.6. The van der Waals surface area contributed by atoms with Gasteiger partial charge in [0.25, 0.3) is 5.91 Å². The zero-order valence-corrected chi connectivity index (χ0v) is 19.9. The van der Waals surface area contributed by atoms with E-state index in [0.717, 1.165) is 0 Å². The van der Waals surface area contributed by atoms with Crippen molar-refractivity contribution < 1.29 is 28.5 Å². The van der Waals surface area contributed by atoms with Crippen LogP contribution < -0.4 is 24.4 Å². The summed E-state index contributed by atoms with van der Waals surface area (Å²) in [5.74, 6) is 0.907. The van der Waals surface area contributed by atoms with Crippen LogP contribution in [0.1, 0.15) is 47.1 Å². The minimum absolute atomic E-state index is 0.276. The Labute approximate surface area is 204 Å². The number of hydrazone groups is 1. The molecule has 0 atom stereocenters. The lowest BCUT2D eigenvalue weighted by atomic mass is 10.2. The number of hydrogen-bond donors (Lipinski definition) is 1. The molecule has 0 heterocycles. The van der Waals surface area contributed by atoms with Crippen LogP contribution in [0.15, 0.2) is 71.8 Å². The van der Waals surface area contributed by atoms with Gasteiger partial charge in [0.05, 0.1) is 37.2 Å². The maximum absolute atomic E-state index is 12.6. The highest BCUT2D eigenvalue weighted by Gasteiger charge is 2.14. The Morgan fingerprint density at radius 2 is 1.49 bits per heavy atom. The number of amides is 1. The Balaban J connectivity index is 1.69. The molecule has 0 saturated carbocycles. The third-order valence-corrected chi connectivity index (χ3v) is 4.68. The van der Waals surface area contributed by atoms with Gasteiger partial charge in [-0.25, -0.2) is 10.2 Å². The summed E-state index contributed by atoms with van der Waals surface area (Å²) in [5, 5.41) is 4.03. The Hall–Kier alpha value is -4.33. The number of carbonyl (C=O) groups is 2. The van der Waals surface area contributed by atoms with Gasteiger partial charge in [-0.1, -0.05) is 12.1 Å². The average molecular weight is 477 g/mol. The second-order valence-electron chi connectivity index (χ2n) is 7.11. The first-order valence-electron chi connectivity index (χ1n) is 11.3. The van der Waals surface area contributed by atoms with Crippen LogP contribution >= 0.6 is 0 Å². The van der Waals surface area contributed by atoms with Gasteiger partial charge < -0.3 is 18.9 Å². The van der Waals surface area contributed by atoms with E-state index in [2.05, 4.69) is 10.5 Å². The molecular weight excluding hydrogens is 448 g/mol. The van der Waals surface area contributed by atoms with Crippen LogP contribution in [0.3, 0.4) is 0 Å². The van der Waals surface area contributed by atoms with Crippen LogP contribution in [-0.2, 0) is 0 Å². The van der Waals surface area contributed by atoms with Gasteiger partial charge in [-0.05, 0) is 80.9 Å². The van der Waals surface area contributed by atoms with E-state index in [-0.39, 0.29) is 5.75 Å². The summed E-state index contributed by atoms with van der Waals surface area (Å²) in [4.78, 5) is 25.1. The molecule has 8 heteroatoms. The van der Waals surface area contributed by atoms with Crippen molar-refractivity contribution in [3.05, 3.63) is 83.4 Å². The molecule has 3 aromatic rings. The van der Waals surface area contributed by atoms with Gasteiger partial charge in [0, 0.05) is 0 Å². The summed E-state index contributed by atoms with van der Waals surface area (Å²) in [6.45, 7) is 6.93. The van der Waals surface area contributed by atoms with E-state index < -0.39 is 11.9 Å². The Morgan fingerprint density at radius 1 is 0.800 bits per heavy atom. The van der Waals surface area contributed by atoms with Crippen molar-refractivity contribution in [2.75, 3.05) is 19.8 Å². The van der Waals surface area contributed by atoms with E-state index in [1.165, 1.54) is 6.21 Å². The molecule has 0 aliphatic carbocycles. The van der Waals surface area contributed by atoms with Gasteiger partial charge in [0.2, 0.25) is 0 Å². The van der Waals surface area contributed by atoms with Crippen molar-refractivity contribution in [1.82, 2.24) is 5.43 Å². The molecule has 8 nitrogen and oxygen atoms in total. The van der Waals surface area contributed by atoms with Crippen LogP contribution in [0.25, 0.3) is 0 Å². The Morgan fingerprint density at radius 3 is 2.20 bits per heavy atom. The van der Waals surface area contributed by atoms with E-state index >= 15 is 0 Å². The van der Waals surface area contributed by atoms with Crippen LogP contribution in [0, 0.1) is 0 Å². The van der Waals surface area contributed by atoms with Crippen molar-refractivity contribution in [2.24, 2.45) is 5.10 Å². The summed E-state index contributed by atoms with van der Waals surface area (Å²) in [6.07, 6.45) is 1.47. The molecule has 0 aromatic heterocycles. The first kappa shape index (κ1) is 25.3. The summed E-state index contributed by atoms with van der Waals surface area (Å²) in [7, 11) is 0. The number of benzene rings is 3. The lowest BCUT2D eigenvalue weighted by molar-refractivity contribution is 0.0728. The highest BCUT2D eigenvalue weighted by Crippen LogP contribution is 2.29. The molecule has 0 aliphatic heterocycles. The Bertz CT molecular complexity index is 1170. The van der Waals surface area contributed by atoms with Gasteiger partial charge in [-0.15, -0.1) is 0 Å². The summed E-state index contributed by atoms with van der Waals surface area (Å²) in [5.41, 5.74) is 3.91. The fourth-order valence-electron chi connectivity index (χ4n) is 3.13. The van der Waals surface area contributed by atoms with Gasteiger partial charge in [-0.2, -0.15) is 5.10 Å². The smallest absolute Gasteiger partial charge is 0.343 e. The van der Waals surface area contributed by atoms with Crippen LogP contribution in [0.4, 0.5) is 0 Å². The highest BCUT2D eigenvalue weighted by atomic mass is 16.6. The van der Waals surface area contributed by atoms with Crippen molar-refractivity contribution in [3.8, 4) is 23.0 Å². The fourth-order valence-corrected chi connectivity index (χ4v) is 3.13. The normalized spacial score (nSPS) is 10.6. The van der Waals surface area contributed by atoms with Crippen molar-refractivity contribution in [3.63, 3.8) is 0 Å². The van der Waals surface area contributed by atoms with Gasteiger partial charge in [0.15, 0.2) is 11.5 Å². The van der Waals surface area contributed by atoms with Crippen molar-refractivity contribution in [1.29, 1.82) is 0 Å². The predicted octanol–water partition coefficient (Wildman–Crippen LogP) is 4.87. The van der Waals surface area contributed by atoms with E-state index in [1.807, 2.05) is 20.8 Å². The molecule has 1 N–H and O–H groups in total. The average Bonchev–Trinajstić information content (AvgIpc) is 2.87. The fraction of sp³-hybridized carbons (Fsp3) is 0.222. The number of rotatable bonds is 11.